The van der Waals surface area contributed by atoms with Crippen LogP contribution < -0.4 is 10.2 Å². The standard InChI is InChI=1S/C28H27F3N6O3S/c1-18-9-11-19(12-10-18)25(27(39)32-16-22-7-3-13-40-22)37(21-6-2-5-20(15-21)28(29,30)31)24(38)17-36-34-26(33-35-36)23-8-4-14-41-23/h2,4-6,8-12,14-15,22,25H,3,7,13,16-17H2,1H3,(H,32,39)/t22-,25-/m1/s1. The van der Waals surface area contributed by atoms with E-state index in [1.54, 1.807) is 30.3 Å². The number of ether oxygens (including phenoxy) is 1. The molecule has 214 valence electrons. The van der Waals surface area contributed by atoms with Gasteiger partial charge in [0.1, 0.15) is 12.6 Å². The molecule has 1 saturated heterocycles. The average molecular weight is 585 g/mol. The molecule has 3 heterocycles. The lowest BCUT2D eigenvalue weighted by atomic mass is 10.0. The molecule has 41 heavy (non-hydrogen) atoms. The Kier molecular flexibility index (Phi) is 8.45. The highest BCUT2D eigenvalue weighted by Gasteiger charge is 2.36. The maximum atomic E-state index is 13.9. The van der Waals surface area contributed by atoms with Crippen molar-refractivity contribution in [3.63, 3.8) is 0 Å². The third-order valence-electron chi connectivity index (χ3n) is 6.62. The highest BCUT2D eigenvalue weighted by atomic mass is 32.1. The van der Waals surface area contributed by atoms with Crippen molar-refractivity contribution in [1.29, 1.82) is 0 Å². The van der Waals surface area contributed by atoms with Crippen LogP contribution in [0.15, 0.2) is 66.0 Å². The first kappa shape index (κ1) is 28.4. The van der Waals surface area contributed by atoms with Gasteiger partial charge in [-0.1, -0.05) is 42.0 Å². The van der Waals surface area contributed by atoms with Gasteiger partial charge in [-0.2, -0.15) is 18.0 Å². The zero-order chi connectivity index (χ0) is 29.0. The van der Waals surface area contributed by atoms with Gasteiger partial charge in [-0.05, 0) is 60.2 Å². The zero-order valence-corrected chi connectivity index (χ0v) is 22.9. The molecule has 9 nitrogen and oxygen atoms in total. The Bertz CT molecular complexity index is 1480. The molecule has 13 heteroatoms. The zero-order valence-electron chi connectivity index (χ0n) is 22.0. The van der Waals surface area contributed by atoms with Crippen LogP contribution in [0.25, 0.3) is 10.7 Å². The van der Waals surface area contributed by atoms with Gasteiger partial charge < -0.3 is 10.1 Å². The van der Waals surface area contributed by atoms with E-state index in [4.69, 9.17) is 4.74 Å². The van der Waals surface area contributed by atoms with Crippen LogP contribution in [-0.4, -0.2) is 51.3 Å². The number of alkyl halides is 3. The molecule has 0 saturated carbocycles. The number of hydrogen-bond acceptors (Lipinski definition) is 7. The number of rotatable bonds is 9. The summed E-state index contributed by atoms with van der Waals surface area (Å²) < 4.78 is 46.7. The summed E-state index contributed by atoms with van der Waals surface area (Å²) in [5, 5.41) is 16.9. The third-order valence-corrected chi connectivity index (χ3v) is 7.48. The fourth-order valence-electron chi connectivity index (χ4n) is 4.56. The fourth-order valence-corrected chi connectivity index (χ4v) is 5.21. The number of carbonyl (C=O) groups is 2. The first-order chi connectivity index (χ1) is 19.7. The predicted octanol–water partition coefficient (Wildman–Crippen LogP) is 4.80. The number of benzene rings is 2. The monoisotopic (exact) mass is 584 g/mol. The summed E-state index contributed by atoms with van der Waals surface area (Å²) in [6.45, 7) is 2.21. The number of thiophene rings is 1. The first-order valence-corrected chi connectivity index (χ1v) is 13.8. The maximum absolute atomic E-state index is 13.9. The summed E-state index contributed by atoms with van der Waals surface area (Å²) in [5.74, 6) is -0.943. The summed E-state index contributed by atoms with van der Waals surface area (Å²) in [7, 11) is 0. The number of hydrogen-bond donors (Lipinski definition) is 1. The van der Waals surface area contributed by atoms with Crippen molar-refractivity contribution in [2.45, 2.75) is 44.6 Å². The van der Waals surface area contributed by atoms with Gasteiger partial charge in [0.2, 0.25) is 11.7 Å². The summed E-state index contributed by atoms with van der Waals surface area (Å²) in [6, 6.07) is 13.6. The molecule has 1 N–H and O–H groups in total. The number of aryl methyl sites for hydroxylation is 1. The van der Waals surface area contributed by atoms with Crippen molar-refractivity contribution in [3.05, 3.63) is 82.7 Å². The van der Waals surface area contributed by atoms with Crippen molar-refractivity contribution in [2.24, 2.45) is 0 Å². The molecule has 0 spiro atoms. The minimum atomic E-state index is -4.66. The SMILES string of the molecule is Cc1ccc([C@H](C(=O)NC[C@H]2CCCO2)N(C(=O)Cn2nnc(-c3cccs3)n2)c2cccc(C(F)(F)F)c2)cc1. The number of nitrogens with one attached hydrogen (secondary N) is 1. The number of halogens is 3. The molecule has 0 bridgehead atoms. The molecule has 1 aliphatic rings. The molecule has 4 aromatic rings. The van der Waals surface area contributed by atoms with Crippen LogP contribution in [0.3, 0.4) is 0 Å². The minimum absolute atomic E-state index is 0.0961. The molecule has 2 amide bonds. The summed E-state index contributed by atoms with van der Waals surface area (Å²) >= 11 is 1.39. The maximum Gasteiger partial charge on any atom is 0.416 e. The Morgan fingerprint density at radius 1 is 1.17 bits per heavy atom. The molecular formula is C28H27F3N6O3S. The van der Waals surface area contributed by atoms with Crippen LogP contribution in [0.5, 0.6) is 0 Å². The molecule has 0 unspecified atom stereocenters. The molecule has 2 aromatic heterocycles. The lowest BCUT2D eigenvalue weighted by Gasteiger charge is -2.32. The summed E-state index contributed by atoms with van der Waals surface area (Å²) in [6.07, 6.45) is -3.19. The lowest BCUT2D eigenvalue weighted by Crippen LogP contribution is -2.46. The van der Waals surface area contributed by atoms with Crippen molar-refractivity contribution in [3.8, 4) is 10.7 Å². The molecule has 5 rings (SSSR count). The number of nitrogens with zero attached hydrogens (tertiary/aromatic N) is 5. The van der Waals surface area contributed by atoms with E-state index in [0.717, 1.165) is 45.1 Å². The van der Waals surface area contributed by atoms with E-state index in [0.29, 0.717) is 18.0 Å². The smallest absolute Gasteiger partial charge is 0.376 e. The van der Waals surface area contributed by atoms with Gasteiger partial charge >= 0.3 is 6.18 Å². The molecular weight excluding hydrogens is 557 g/mol. The normalized spacial score (nSPS) is 16.0. The van der Waals surface area contributed by atoms with E-state index in [2.05, 4.69) is 20.7 Å². The van der Waals surface area contributed by atoms with E-state index in [9.17, 15) is 22.8 Å². The molecule has 0 radical (unpaired) electrons. The Morgan fingerprint density at radius 2 is 1.98 bits per heavy atom. The second-order valence-electron chi connectivity index (χ2n) is 9.63. The second kappa shape index (κ2) is 12.2. The number of carbonyl (C=O) groups excluding carboxylic acids is 2. The van der Waals surface area contributed by atoms with E-state index >= 15 is 0 Å². The lowest BCUT2D eigenvalue weighted by molar-refractivity contribution is -0.137. The van der Waals surface area contributed by atoms with Gasteiger partial charge in [0.25, 0.3) is 5.91 Å². The van der Waals surface area contributed by atoms with Crippen LogP contribution in [0.4, 0.5) is 18.9 Å². The number of tetrazole rings is 1. The fraction of sp³-hybridized carbons (Fsp3) is 0.321. The predicted molar refractivity (Wildman–Crippen MR) is 146 cm³/mol. The first-order valence-electron chi connectivity index (χ1n) is 13.0. The van der Waals surface area contributed by atoms with Gasteiger partial charge in [-0.3, -0.25) is 14.5 Å². The highest BCUT2D eigenvalue weighted by Crippen LogP contribution is 2.35. The van der Waals surface area contributed by atoms with Crippen molar-refractivity contribution >= 4 is 28.8 Å². The van der Waals surface area contributed by atoms with E-state index in [1.165, 1.54) is 23.5 Å². The molecule has 1 fully saturated rings. The Labute approximate surface area is 237 Å². The third kappa shape index (κ3) is 6.80. The van der Waals surface area contributed by atoms with Crippen molar-refractivity contribution in [1.82, 2.24) is 25.5 Å². The van der Waals surface area contributed by atoms with Gasteiger partial charge in [-0.15, -0.1) is 21.5 Å². The Morgan fingerprint density at radius 3 is 2.66 bits per heavy atom. The van der Waals surface area contributed by atoms with Crippen molar-refractivity contribution < 1.29 is 27.5 Å². The van der Waals surface area contributed by atoms with Crippen LogP contribution in [0.1, 0.15) is 35.6 Å². The largest absolute Gasteiger partial charge is 0.416 e. The molecule has 2 aromatic carbocycles. The number of aromatic nitrogens is 4. The topological polar surface area (TPSA) is 102 Å². The number of amides is 2. The van der Waals surface area contributed by atoms with Gasteiger partial charge in [0, 0.05) is 18.8 Å². The van der Waals surface area contributed by atoms with Crippen LogP contribution in [-0.2, 0) is 27.0 Å². The van der Waals surface area contributed by atoms with Crippen LogP contribution >= 0.6 is 11.3 Å². The van der Waals surface area contributed by atoms with E-state index in [-0.39, 0.29) is 18.3 Å². The quantitative estimate of drug-likeness (QED) is 0.303. The highest BCUT2D eigenvalue weighted by molar-refractivity contribution is 7.13. The Balaban J connectivity index is 1.53. The van der Waals surface area contributed by atoms with Crippen LogP contribution in [0, 0.1) is 6.92 Å². The average Bonchev–Trinajstić information content (AvgIpc) is 3.74. The van der Waals surface area contributed by atoms with Crippen molar-refractivity contribution in [2.75, 3.05) is 18.1 Å². The second-order valence-corrected chi connectivity index (χ2v) is 10.6. The van der Waals surface area contributed by atoms with E-state index in [1.807, 2.05) is 18.4 Å². The van der Waals surface area contributed by atoms with Crippen LogP contribution in [0.2, 0.25) is 0 Å². The number of anilines is 1. The van der Waals surface area contributed by atoms with E-state index < -0.39 is 36.1 Å². The van der Waals surface area contributed by atoms with Gasteiger partial charge in [0.05, 0.1) is 16.5 Å². The molecule has 2 atom stereocenters. The Hall–Kier alpha value is -4.10. The summed E-state index contributed by atoms with van der Waals surface area (Å²) in [5.41, 5.74) is 0.296. The summed E-state index contributed by atoms with van der Waals surface area (Å²) in [4.78, 5) is 30.6. The van der Waals surface area contributed by atoms with Gasteiger partial charge in [-0.25, -0.2) is 0 Å². The molecule has 0 aliphatic carbocycles. The van der Waals surface area contributed by atoms with Gasteiger partial charge in [0.15, 0.2) is 0 Å². The molecule has 1 aliphatic heterocycles. The minimum Gasteiger partial charge on any atom is -0.376 e.